The summed E-state index contributed by atoms with van der Waals surface area (Å²) < 4.78 is 0. The lowest BCUT2D eigenvalue weighted by molar-refractivity contribution is 0.313. The Morgan fingerprint density at radius 1 is 1.10 bits per heavy atom. The first-order valence-corrected chi connectivity index (χ1v) is 8.24. The predicted octanol–water partition coefficient (Wildman–Crippen LogP) is 4.50. The maximum atomic E-state index is 6.08. The molecule has 0 radical (unpaired) electrons. The normalized spacial score (nSPS) is 24.4. The van der Waals surface area contributed by atoms with Gasteiger partial charge in [-0.05, 0) is 55.7 Å². The van der Waals surface area contributed by atoms with E-state index in [1.807, 2.05) is 0 Å². The van der Waals surface area contributed by atoms with Crippen LogP contribution in [0.5, 0.6) is 0 Å². The van der Waals surface area contributed by atoms with Crippen molar-refractivity contribution in [3.05, 3.63) is 29.8 Å². The summed E-state index contributed by atoms with van der Waals surface area (Å²) in [6.45, 7) is 4.46. The molecular weight excluding hydrogens is 244 g/mol. The zero-order valence-corrected chi connectivity index (χ0v) is 13.3. The smallest absolute Gasteiger partial charge is 0.0366 e. The fraction of sp³-hybridized carbons (Fsp3) is 0.667. The Labute approximate surface area is 124 Å². The zero-order valence-electron chi connectivity index (χ0n) is 13.3. The summed E-state index contributed by atoms with van der Waals surface area (Å²) in [5.41, 5.74) is 8.66. The SMILES string of the molecule is CCC1CCC(N(C)c2ccc([C@@H](N)CC)cc2)CC1. The lowest BCUT2D eigenvalue weighted by Crippen LogP contribution is -2.35. The van der Waals surface area contributed by atoms with Crippen molar-refractivity contribution in [2.45, 2.75) is 64.5 Å². The molecule has 20 heavy (non-hydrogen) atoms. The van der Waals surface area contributed by atoms with Crippen LogP contribution in [0.3, 0.4) is 0 Å². The van der Waals surface area contributed by atoms with E-state index >= 15 is 0 Å². The zero-order chi connectivity index (χ0) is 14.5. The van der Waals surface area contributed by atoms with Gasteiger partial charge >= 0.3 is 0 Å². The van der Waals surface area contributed by atoms with Gasteiger partial charge in [-0.3, -0.25) is 0 Å². The molecule has 0 heterocycles. The molecule has 1 aliphatic carbocycles. The lowest BCUT2D eigenvalue weighted by atomic mass is 9.84. The number of hydrogen-bond donors (Lipinski definition) is 1. The molecule has 0 unspecified atom stereocenters. The highest BCUT2D eigenvalue weighted by Gasteiger charge is 2.23. The Morgan fingerprint density at radius 3 is 2.20 bits per heavy atom. The molecule has 0 bridgehead atoms. The number of rotatable bonds is 5. The van der Waals surface area contributed by atoms with Gasteiger partial charge in [0.2, 0.25) is 0 Å². The second kappa shape index (κ2) is 7.12. The molecule has 0 spiro atoms. The minimum atomic E-state index is 0.175. The Hall–Kier alpha value is -1.02. The van der Waals surface area contributed by atoms with Crippen LogP contribution in [0.15, 0.2) is 24.3 Å². The first kappa shape index (κ1) is 15.4. The third-order valence-corrected chi connectivity index (χ3v) is 5.11. The molecule has 0 amide bonds. The first-order valence-electron chi connectivity index (χ1n) is 8.24. The molecule has 1 fully saturated rings. The number of benzene rings is 1. The quantitative estimate of drug-likeness (QED) is 0.856. The first-order chi connectivity index (χ1) is 9.65. The van der Waals surface area contributed by atoms with Gasteiger partial charge in [-0.15, -0.1) is 0 Å². The van der Waals surface area contributed by atoms with Gasteiger partial charge in [0.15, 0.2) is 0 Å². The van der Waals surface area contributed by atoms with Crippen LogP contribution in [-0.4, -0.2) is 13.1 Å². The molecular formula is C18H30N2. The average molecular weight is 274 g/mol. The highest BCUT2D eigenvalue weighted by molar-refractivity contribution is 5.48. The molecule has 2 nitrogen and oxygen atoms in total. The van der Waals surface area contributed by atoms with Crippen molar-refractivity contribution in [1.82, 2.24) is 0 Å². The van der Waals surface area contributed by atoms with E-state index in [4.69, 9.17) is 5.73 Å². The van der Waals surface area contributed by atoms with E-state index in [2.05, 4.69) is 50.1 Å². The minimum Gasteiger partial charge on any atom is -0.372 e. The lowest BCUT2D eigenvalue weighted by Gasteiger charge is -2.36. The Balaban J connectivity index is 1.97. The third kappa shape index (κ3) is 3.54. The molecule has 1 saturated carbocycles. The van der Waals surface area contributed by atoms with Crippen molar-refractivity contribution in [3.63, 3.8) is 0 Å². The number of nitrogens with two attached hydrogens (primary N) is 1. The number of hydrogen-bond acceptors (Lipinski definition) is 2. The summed E-state index contributed by atoms with van der Waals surface area (Å²) in [7, 11) is 2.24. The monoisotopic (exact) mass is 274 g/mol. The van der Waals surface area contributed by atoms with E-state index in [1.165, 1.54) is 43.4 Å². The van der Waals surface area contributed by atoms with Crippen LogP contribution in [0.2, 0.25) is 0 Å². The molecule has 1 atom stereocenters. The molecule has 0 aliphatic heterocycles. The average Bonchev–Trinajstić information content (AvgIpc) is 2.53. The van der Waals surface area contributed by atoms with Crippen molar-refractivity contribution in [1.29, 1.82) is 0 Å². The number of nitrogens with zero attached hydrogens (tertiary/aromatic N) is 1. The van der Waals surface area contributed by atoms with Crippen molar-refractivity contribution in [2.75, 3.05) is 11.9 Å². The fourth-order valence-electron chi connectivity index (χ4n) is 3.34. The van der Waals surface area contributed by atoms with Gasteiger partial charge in [0.05, 0.1) is 0 Å². The van der Waals surface area contributed by atoms with Crippen molar-refractivity contribution < 1.29 is 0 Å². The van der Waals surface area contributed by atoms with Gasteiger partial charge in [0.1, 0.15) is 0 Å². The van der Waals surface area contributed by atoms with Crippen molar-refractivity contribution in [3.8, 4) is 0 Å². The molecule has 112 valence electrons. The standard InChI is InChI=1S/C18H30N2/c1-4-14-6-10-16(11-7-14)20(3)17-12-8-15(9-13-17)18(19)5-2/h8-9,12-14,16,18H,4-7,10-11,19H2,1-3H3/t14?,16?,18-/m0/s1. The van der Waals surface area contributed by atoms with E-state index in [0.717, 1.165) is 12.3 Å². The molecule has 1 aromatic rings. The van der Waals surface area contributed by atoms with Crippen LogP contribution in [0.1, 0.15) is 64.0 Å². The topological polar surface area (TPSA) is 29.3 Å². The van der Waals surface area contributed by atoms with Gasteiger partial charge in [-0.1, -0.05) is 32.4 Å². The summed E-state index contributed by atoms with van der Waals surface area (Å²) >= 11 is 0. The van der Waals surface area contributed by atoms with Crippen molar-refractivity contribution in [2.24, 2.45) is 11.7 Å². The molecule has 1 aromatic carbocycles. The van der Waals surface area contributed by atoms with Crippen LogP contribution in [0, 0.1) is 5.92 Å². The van der Waals surface area contributed by atoms with E-state index in [-0.39, 0.29) is 6.04 Å². The summed E-state index contributed by atoms with van der Waals surface area (Å²) in [6.07, 6.45) is 7.81. The maximum absolute atomic E-state index is 6.08. The molecule has 2 heteroatoms. The van der Waals surface area contributed by atoms with Gasteiger partial charge in [0, 0.05) is 24.8 Å². The summed E-state index contributed by atoms with van der Waals surface area (Å²) in [4.78, 5) is 2.47. The van der Waals surface area contributed by atoms with Crippen LogP contribution in [0.25, 0.3) is 0 Å². The Bertz CT molecular complexity index is 390. The second-order valence-electron chi connectivity index (χ2n) is 6.30. The minimum absolute atomic E-state index is 0.175. The highest BCUT2D eigenvalue weighted by Crippen LogP contribution is 2.31. The van der Waals surface area contributed by atoms with Gasteiger partial charge in [-0.25, -0.2) is 0 Å². The van der Waals surface area contributed by atoms with Crippen molar-refractivity contribution >= 4 is 5.69 Å². The van der Waals surface area contributed by atoms with Crippen LogP contribution in [-0.2, 0) is 0 Å². The van der Waals surface area contributed by atoms with Gasteiger partial charge in [0.25, 0.3) is 0 Å². The molecule has 2 N–H and O–H groups in total. The predicted molar refractivity (Wildman–Crippen MR) is 88.1 cm³/mol. The summed E-state index contributed by atoms with van der Waals surface area (Å²) in [5.74, 6) is 0.963. The molecule has 1 aliphatic rings. The Morgan fingerprint density at radius 2 is 1.70 bits per heavy atom. The van der Waals surface area contributed by atoms with E-state index in [0.29, 0.717) is 6.04 Å². The fourth-order valence-corrected chi connectivity index (χ4v) is 3.34. The van der Waals surface area contributed by atoms with E-state index in [1.54, 1.807) is 0 Å². The van der Waals surface area contributed by atoms with E-state index < -0.39 is 0 Å². The third-order valence-electron chi connectivity index (χ3n) is 5.11. The van der Waals surface area contributed by atoms with Crippen LogP contribution >= 0.6 is 0 Å². The van der Waals surface area contributed by atoms with E-state index in [9.17, 15) is 0 Å². The number of anilines is 1. The van der Waals surface area contributed by atoms with Crippen LogP contribution in [0.4, 0.5) is 5.69 Å². The molecule has 0 saturated heterocycles. The second-order valence-corrected chi connectivity index (χ2v) is 6.30. The highest BCUT2D eigenvalue weighted by atomic mass is 15.1. The Kier molecular flexibility index (Phi) is 5.47. The van der Waals surface area contributed by atoms with Gasteiger partial charge in [-0.2, -0.15) is 0 Å². The summed E-state index contributed by atoms with van der Waals surface area (Å²) in [6, 6.07) is 9.74. The maximum Gasteiger partial charge on any atom is 0.0366 e. The molecule has 2 rings (SSSR count). The van der Waals surface area contributed by atoms with Gasteiger partial charge < -0.3 is 10.6 Å². The van der Waals surface area contributed by atoms with Crippen LogP contribution < -0.4 is 10.6 Å². The summed E-state index contributed by atoms with van der Waals surface area (Å²) in [5, 5.41) is 0. The molecule has 0 aromatic heterocycles. The largest absolute Gasteiger partial charge is 0.372 e.